The van der Waals surface area contributed by atoms with E-state index in [-0.39, 0.29) is 23.7 Å². The van der Waals surface area contributed by atoms with E-state index < -0.39 is 0 Å². The van der Waals surface area contributed by atoms with Crippen LogP contribution in [0.5, 0.6) is 0 Å². The van der Waals surface area contributed by atoms with Gasteiger partial charge in [0.05, 0.1) is 11.2 Å². The summed E-state index contributed by atoms with van der Waals surface area (Å²) in [6, 6.07) is 4.54. The van der Waals surface area contributed by atoms with E-state index in [1.165, 1.54) is 22.2 Å². The van der Waals surface area contributed by atoms with Crippen molar-refractivity contribution in [3.05, 3.63) is 28.8 Å². The van der Waals surface area contributed by atoms with Crippen molar-refractivity contribution in [1.82, 2.24) is 0 Å². The minimum Gasteiger partial charge on any atom is -0.399 e. The van der Waals surface area contributed by atoms with Crippen molar-refractivity contribution in [2.24, 2.45) is 0 Å². The maximum absolute atomic E-state index is 6.22. The van der Waals surface area contributed by atoms with Gasteiger partial charge < -0.3 is 9.31 Å². The van der Waals surface area contributed by atoms with E-state index in [2.05, 4.69) is 74.4 Å². The van der Waals surface area contributed by atoms with Crippen molar-refractivity contribution in [2.45, 2.75) is 78.9 Å². The molecule has 2 nitrogen and oxygen atoms in total. The van der Waals surface area contributed by atoms with Crippen molar-refractivity contribution in [3.63, 3.8) is 0 Å². The van der Waals surface area contributed by atoms with Crippen molar-refractivity contribution >= 4 is 12.6 Å². The molecule has 0 bridgehead atoms. The number of benzene rings is 1. The van der Waals surface area contributed by atoms with Gasteiger partial charge in [-0.05, 0) is 58.0 Å². The maximum Gasteiger partial charge on any atom is 0.495 e. The first-order valence-corrected chi connectivity index (χ1v) is 7.82. The molecule has 0 amide bonds. The molecule has 1 heterocycles. The number of rotatable bonds is 1. The smallest absolute Gasteiger partial charge is 0.399 e. The van der Waals surface area contributed by atoms with E-state index in [4.69, 9.17) is 9.31 Å². The van der Waals surface area contributed by atoms with E-state index in [1.807, 2.05) is 0 Å². The van der Waals surface area contributed by atoms with Crippen LogP contribution in [0.1, 0.15) is 65.2 Å². The number of hydrogen-bond acceptors (Lipinski definition) is 2. The highest BCUT2D eigenvalue weighted by Crippen LogP contribution is 2.37. The predicted molar refractivity (Wildman–Crippen MR) is 90.3 cm³/mol. The van der Waals surface area contributed by atoms with Gasteiger partial charge in [0, 0.05) is 0 Å². The summed E-state index contributed by atoms with van der Waals surface area (Å²) in [5.41, 5.74) is 4.61. The van der Waals surface area contributed by atoms with Crippen molar-refractivity contribution in [1.29, 1.82) is 0 Å². The van der Waals surface area contributed by atoms with Gasteiger partial charge in [-0.2, -0.15) is 0 Å². The van der Waals surface area contributed by atoms with Crippen molar-refractivity contribution < 1.29 is 9.31 Å². The van der Waals surface area contributed by atoms with E-state index >= 15 is 0 Å². The third kappa shape index (κ3) is 2.91. The highest BCUT2D eigenvalue weighted by atomic mass is 16.7. The van der Waals surface area contributed by atoms with Crippen LogP contribution in [-0.2, 0) is 14.7 Å². The van der Waals surface area contributed by atoms with Gasteiger partial charge in [0.1, 0.15) is 0 Å². The second-order valence-corrected chi connectivity index (χ2v) is 8.36. The van der Waals surface area contributed by atoms with E-state index in [9.17, 15) is 0 Å². The molecule has 0 unspecified atom stereocenters. The number of hydrogen-bond donors (Lipinski definition) is 0. The monoisotopic (exact) mass is 288 g/mol. The Kier molecular flexibility index (Phi) is 3.83. The molecule has 0 saturated carbocycles. The second-order valence-electron chi connectivity index (χ2n) is 8.36. The minimum absolute atomic E-state index is 0.157. The summed E-state index contributed by atoms with van der Waals surface area (Å²) in [7, 11) is -0.274. The lowest BCUT2D eigenvalue weighted by Crippen LogP contribution is -2.41. The van der Waals surface area contributed by atoms with Crippen LogP contribution in [0.4, 0.5) is 0 Å². The molecule has 0 N–H and O–H groups in total. The van der Waals surface area contributed by atoms with Gasteiger partial charge in [-0.1, -0.05) is 44.0 Å². The Labute approximate surface area is 130 Å². The molecular formula is C18H29BO2. The Morgan fingerprint density at radius 2 is 1.24 bits per heavy atom. The molecule has 0 atom stereocenters. The largest absolute Gasteiger partial charge is 0.495 e. The fourth-order valence-electron chi connectivity index (χ4n) is 2.74. The Balaban J connectivity index is 2.44. The van der Waals surface area contributed by atoms with Crippen LogP contribution in [0.2, 0.25) is 0 Å². The molecule has 1 aliphatic rings. The lowest BCUT2D eigenvalue weighted by atomic mass is 9.71. The van der Waals surface area contributed by atoms with Crippen LogP contribution in [0, 0.1) is 13.8 Å². The molecule has 3 heteroatoms. The summed E-state index contributed by atoms with van der Waals surface area (Å²) in [5, 5.41) is 0. The molecule has 1 saturated heterocycles. The van der Waals surface area contributed by atoms with Crippen LogP contribution >= 0.6 is 0 Å². The summed E-state index contributed by atoms with van der Waals surface area (Å²) < 4.78 is 12.4. The molecule has 1 aliphatic heterocycles. The van der Waals surface area contributed by atoms with E-state index in [0.717, 1.165) is 0 Å². The lowest BCUT2D eigenvalue weighted by molar-refractivity contribution is 0.00578. The molecule has 1 aromatic rings. The number of aryl methyl sites for hydroxylation is 2. The molecular weight excluding hydrogens is 259 g/mol. The molecule has 1 aromatic carbocycles. The zero-order valence-electron chi connectivity index (χ0n) is 15.0. The fraction of sp³-hybridized carbons (Fsp3) is 0.667. The SMILES string of the molecule is Cc1cc(C(C)(C)C)cc(C)c1B1OC(C)(C)C(C)(C)O1. The predicted octanol–water partition coefficient (Wildman–Crippen LogP) is 3.90. The third-order valence-electron chi connectivity index (χ3n) is 4.95. The highest BCUT2D eigenvalue weighted by Gasteiger charge is 2.52. The zero-order chi connectivity index (χ0) is 16.2. The normalized spacial score (nSPS) is 20.9. The van der Waals surface area contributed by atoms with Crippen LogP contribution in [0.25, 0.3) is 0 Å². The summed E-state index contributed by atoms with van der Waals surface area (Å²) in [5.74, 6) is 0. The molecule has 0 aliphatic carbocycles. The van der Waals surface area contributed by atoms with Crippen LogP contribution in [0.3, 0.4) is 0 Å². The summed E-state index contributed by atoms with van der Waals surface area (Å²) >= 11 is 0. The van der Waals surface area contributed by atoms with Crippen LogP contribution in [-0.4, -0.2) is 18.3 Å². The Bertz CT molecular complexity index is 514. The molecule has 2 rings (SSSR count). The van der Waals surface area contributed by atoms with E-state index in [0.29, 0.717) is 0 Å². The van der Waals surface area contributed by atoms with Crippen LogP contribution < -0.4 is 5.46 Å². The first-order valence-electron chi connectivity index (χ1n) is 7.82. The van der Waals surface area contributed by atoms with Gasteiger partial charge in [0.15, 0.2) is 0 Å². The average molecular weight is 288 g/mol. The topological polar surface area (TPSA) is 18.5 Å². The quantitative estimate of drug-likeness (QED) is 0.730. The van der Waals surface area contributed by atoms with Crippen LogP contribution in [0.15, 0.2) is 12.1 Å². The van der Waals surface area contributed by atoms with Gasteiger partial charge in [-0.3, -0.25) is 0 Å². The third-order valence-corrected chi connectivity index (χ3v) is 4.95. The lowest BCUT2D eigenvalue weighted by Gasteiger charge is -2.32. The molecule has 1 fully saturated rings. The zero-order valence-corrected chi connectivity index (χ0v) is 15.0. The maximum atomic E-state index is 6.22. The molecule has 0 aromatic heterocycles. The summed E-state index contributed by atoms with van der Waals surface area (Å²) in [4.78, 5) is 0. The van der Waals surface area contributed by atoms with Crippen molar-refractivity contribution in [3.8, 4) is 0 Å². The Morgan fingerprint density at radius 1 is 0.857 bits per heavy atom. The standard InChI is InChI=1S/C18H29BO2/c1-12-10-14(16(3,4)5)11-13(2)15(12)19-20-17(6,7)18(8,9)21-19/h10-11H,1-9H3. The fourth-order valence-corrected chi connectivity index (χ4v) is 2.74. The van der Waals surface area contributed by atoms with Crippen molar-refractivity contribution in [2.75, 3.05) is 0 Å². The minimum atomic E-state index is -0.292. The first-order chi connectivity index (χ1) is 9.35. The Hall–Kier alpha value is -0.795. The van der Waals surface area contributed by atoms with Gasteiger partial charge in [0.2, 0.25) is 0 Å². The molecule has 0 spiro atoms. The second kappa shape index (κ2) is 4.86. The molecule has 116 valence electrons. The van der Waals surface area contributed by atoms with Gasteiger partial charge in [-0.25, -0.2) is 0 Å². The van der Waals surface area contributed by atoms with Gasteiger partial charge in [0.25, 0.3) is 0 Å². The van der Waals surface area contributed by atoms with E-state index in [1.54, 1.807) is 0 Å². The summed E-state index contributed by atoms with van der Waals surface area (Å²) in [6.07, 6.45) is 0. The van der Waals surface area contributed by atoms with Gasteiger partial charge in [-0.15, -0.1) is 0 Å². The van der Waals surface area contributed by atoms with Gasteiger partial charge >= 0.3 is 7.12 Å². The Morgan fingerprint density at radius 3 is 1.57 bits per heavy atom. The molecule has 0 radical (unpaired) electrons. The summed E-state index contributed by atoms with van der Waals surface area (Å²) in [6.45, 7) is 19.4. The highest BCUT2D eigenvalue weighted by molar-refractivity contribution is 6.63. The molecule has 21 heavy (non-hydrogen) atoms. The average Bonchev–Trinajstić information content (AvgIpc) is 2.45. The first kappa shape index (κ1) is 16.6.